The highest BCUT2D eigenvalue weighted by Crippen LogP contribution is 2.32. The van der Waals surface area contributed by atoms with Crippen LogP contribution in [0.5, 0.6) is 0 Å². The first-order valence-corrected chi connectivity index (χ1v) is 7.87. The standard InChI is InChI=1S/C19H21N3/c1-21-19-11-15(17-8-3-2-7-16(17)12-20)9-10-18(19)22-13-14-5-4-6-14/h2-3,7-11,14,21-22H,4-6,13H2,1H3. The first-order valence-electron chi connectivity index (χ1n) is 7.87. The van der Waals surface area contributed by atoms with Crippen LogP contribution in [0.1, 0.15) is 24.8 Å². The Morgan fingerprint density at radius 2 is 1.95 bits per heavy atom. The molecule has 2 aromatic rings. The molecule has 2 aromatic carbocycles. The van der Waals surface area contributed by atoms with E-state index in [9.17, 15) is 5.26 Å². The number of anilines is 2. The molecule has 0 amide bonds. The lowest BCUT2D eigenvalue weighted by Crippen LogP contribution is -2.21. The van der Waals surface area contributed by atoms with E-state index in [4.69, 9.17) is 0 Å². The van der Waals surface area contributed by atoms with Crippen LogP contribution in [0.4, 0.5) is 11.4 Å². The number of hydrogen-bond donors (Lipinski definition) is 2. The van der Waals surface area contributed by atoms with Crippen molar-refractivity contribution in [3.05, 3.63) is 48.0 Å². The van der Waals surface area contributed by atoms with Gasteiger partial charge in [-0.2, -0.15) is 5.26 Å². The van der Waals surface area contributed by atoms with Crippen LogP contribution in [0.25, 0.3) is 11.1 Å². The van der Waals surface area contributed by atoms with E-state index in [2.05, 4.69) is 34.9 Å². The van der Waals surface area contributed by atoms with Gasteiger partial charge in [-0.05, 0) is 48.1 Å². The molecule has 0 radical (unpaired) electrons. The van der Waals surface area contributed by atoms with Crippen molar-refractivity contribution >= 4 is 11.4 Å². The van der Waals surface area contributed by atoms with E-state index in [1.54, 1.807) is 0 Å². The predicted molar refractivity (Wildman–Crippen MR) is 92.0 cm³/mol. The molecule has 1 fully saturated rings. The van der Waals surface area contributed by atoms with Crippen LogP contribution in [-0.4, -0.2) is 13.6 Å². The van der Waals surface area contributed by atoms with Crippen LogP contribution in [0.15, 0.2) is 42.5 Å². The Bertz CT molecular complexity index is 696. The molecule has 1 aliphatic carbocycles. The number of nitrogens with zero attached hydrogens (tertiary/aromatic N) is 1. The highest BCUT2D eigenvalue weighted by Gasteiger charge is 2.17. The van der Waals surface area contributed by atoms with Gasteiger partial charge in [-0.3, -0.25) is 0 Å². The molecule has 0 unspecified atom stereocenters. The van der Waals surface area contributed by atoms with Gasteiger partial charge in [-0.25, -0.2) is 0 Å². The summed E-state index contributed by atoms with van der Waals surface area (Å²) in [4.78, 5) is 0. The number of nitriles is 1. The average molecular weight is 291 g/mol. The number of hydrogen-bond acceptors (Lipinski definition) is 3. The lowest BCUT2D eigenvalue weighted by Gasteiger charge is -2.26. The molecule has 0 bridgehead atoms. The van der Waals surface area contributed by atoms with Gasteiger partial charge in [0.05, 0.1) is 23.0 Å². The highest BCUT2D eigenvalue weighted by atomic mass is 14.9. The molecule has 1 saturated carbocycles. The topological polar surface area (TPSA) is 47.9 Å². The Balaban J connectivity index is 1.86. The fourth-order valence-corrected chi connectivity index (χ4v) is 2.86. The van der Waals surface area contributed by atoms with Crippen LogP contribution in [0.2, 0.25) is 0 Å². The third-order valence-corrected chi connectivity index (χ3v) is 4.45. The number of nitrogens with one attached hydrogen (secondary N) is 2. The molecule has 22 heavy (non-hydrogen) atoms. The minimum atomic E-state index is 0.708. The molecule has 3 rings (SSSR count). The first-order chi connectivity index (χ1) is 10.8. The summed E-state index contributed by atoms with van der Waals surface area (Å²) in [5, 5.41) is 16.1. The maximum Gasteiger partial charge on any atom is 0.0998 e. The van der Waals surface area contributed by atoms with E-state index in [1.165, 1.54) is 19.3 Å². The van der Waals surface area contributed by atoms with Crippen molar-refractivity contribution in [3.8, 4) is 17.2 Å². The van der Waals surface area contributed by atoms with Crippen molar-refractivity contribution in [2.45, 2.75) is 19.3 Å². The lowest BCUT2D eigenvalue weighted by molar-refractivity contribution is 0.333. The molecule has 0 spiro atoms. The molecule has 3 heteroatoms. The Labute approximate surface area is 132 Å². The maximum absolute atomic E-state index is 9.26. The summed E-state index contributed by atoms with van der Waals surface area (Å²) >= 11 is 0. The zero-order chi connectivity index (χ0) is 15.4. The fraction of sp³-hybridized carbons (Fsp3) is 0.316. The molecule has 0 aromatic heterocycles. The van der Waals surface area contributed by atoms with E-state index in [1.807, 2.05) is 31.3 Å². The molecule has 3 nitrogen and oxygen atoms in total. The second-order valence-corrected chi connectivity index (χ2v) is 5.85. The molecule has 112 valence electrons. The summed E-state index contributed by atoms with van der Waals surface area (Å²) in [7, 11) is 1.93. The van der Waals surface area contributed by atoms with Crippen LogP contribution in [-0.2, 0) is 0 Å². The zero-order valence-corrected chi connectivity index (χ0v) is 12.9. The Kier molecular flexibility index (Phi) is 4.29. The second-order valence-electron chi connectivity index (χ2n) is 5.85. The Morgan fingerprint density at radius 3 is 2.64 bits per heavy atom. The molecule has 0 atom stereocenters. The molecule has 2 N–H and O–H groups in total. The first kappa shape index (κ1) is 14.5. The smallest absolute Gasteiger partial charge is 0.0998 e. The minimum absolute atomic E-state index is 0.708. The van der Waals surface area contributed by atoms with Gasteiger partial charge in [0.15, 0.2) is 0 Å². The molecular weight excluding hydrogens is 270 g/mol. The van der Waals surface area contributed by atoms with Crippen molar-refractivity contribution in [3.63, 3.8) is 0 Å². The number of benzene rings is 2. The van der Waals surface area contributed by atoms with E-state index >= 15 is 0 Å². The average Bonchev–Trinajstić information content (AvgIpc) is 2.53. The second kappa shape index (κ2) is 6.53. The van der Waals surface area contributed by atoms with E-state index in [-0.39, 0.29) is 0 Å². The summed E-state index contributed by atoms with van der Waals surface area (Å²) < 4.78 is 0. The largest absolute Gasteiger partial charge is 0.386 e. The van der Waals surface area contributed by atoms with Gasteiger partial charge in [-0.1, -0.05) is 30.7 Å². The van der Waals surface area contributed by atoms with Crippen molar-refractivity contribution in [2.24, 2.45) is 5.92 Å². The minimum Gasteiger partial charge on any atom is -0.386 e. The van der Waals surface area contributed by atoms with Gasteiger partial charge < -0.3 is 10.6 Å². The Hall–Kier alpha value is -2.47. The van der Waals surface area contributed by atoms with Crippen molar-refractivity contribution in [1.29, 1.82) is 5.26 Å². The predicted octanol–water partition coefficient (Wildman–Crippen LogP) is 4.48. The lowest BCUT2D eigenvalue weighted by atomic mass is 9.85. The van der Waals surface area contributed by atoms with Crippen LogP contribution >= 0.6 is 0 Å². The molecule has 0 heterocycles. The summed E-state index contributed by atoms with van der Waals surface area (Å²) in [6.07, 6.45) is 4.06. The molecule has 1 aliphatic rings. The van der Waals surface area contributed by atoms with Crippen molar-refractivity contribution in [2.75, 3.05) is 24.2 Å². The maximum atomic E-state index is 9.26. The third kappa shape index (κ3) is 2.92. The van der Waals surface area contributed by atoms with E-state index in [0.29, 0.717) is 5.56 Å². The normalized spacial score (nSPS) is 14.0. The van der Waals surface area contributed by atoms with Crippen molar-refractivity contribution in [1.82, 2.24) is 0 Å². The van der Waals surface area contributed by atoms with Gasteiger partial charge in [0.1, 0.15) is 0 Å². The van der Waals surface area contributed by atoms with Crippen LogP contribution < -0.4 is 10.6 Å². The van der Waals surface area contributed by atoms with Crippen molar-refractivity contribution < 1.29 is 0 Å². The van der Waals surface area contributed by atoms with Crippen LogP contribution in [0.3, 0.4) is 0 Å². The quantitative estimate of drug-likeness (QED) is 0.854. The Morgan fingerprint density at radius 1 is 1.14 bits per heavy atom. The summed E-state index contributed by atoms with van der Waals surface area (Å²) in [6.45, 7) is 1.04. The van der Waals surface area contributed by atoms with Crippen LogP contribution in [0, 0.1) is 17.2 Å². The van der Waals surface area contributed by atoms with Gasteiger partial charge in [0.2, 0.25) is 0 Å². The van der Waals surface area contributed by atoms with E-state index < -0.39 is 0 Å². The van der Waals surface area contributed by atoms with Gasteiger partial charge >= 0.3 is 0 Å². The number of rotatable bonds is 5. The molecular formula is C19H21N3. The van der Waals surface area contributed by atoms with Gasteiger partial charge in [0, 0.05) is 13.6 Å². The highest BCUT2D eigenvalue weighted by molar-refractivity contribution is 5.79. The summed E-state index contributed by atoms with van der Waals surface area (Å²) in [5.41, 5.74) is 4.96. The van der Waals surface area contributed by atoms with E-state index in [0.717, 1.165) is 35.0 Å². The van der Waals surface area contributed by atoms with Gasteiger partial charge in [-0.15, -0.1) is 0 Å². The van der Waals surface area contributed by atoms with Gasteiger partial charge in [0.25, 0.3) is 0 Å². The third-order valence-electron chi connectivity index (χ3n) is 4.45. The summed E-state index contributed by atoms with van der Waals surface area (Å²) in [5.74, 6) is 0.823. The molecule has 0 aliphatic heterocycles. The monoisotopic (exact) mass is 291 g/mol. The zero-order valence-electron chi connectivity index (χ0n) is 12.9. The SMILES string of the molecule is CNc1cc(-c2ccccc2C#N)ccc1NCC1CCC1. The fourth-order valence-electron chi connectivity index (χ4n) is 2.86. The summed E-state index contributed by atoms with van der Waals surface area (Å²) in [6, 6.07) is 16.3. The molecule has 0 saturated heterocycles.